The number of rotatable bonds is 13. The average molecular weight is 415 g/mol. The molecule has 158 valence electrons. The fraction of sp³-hybridized carbons (Fsp3) is 0.632. The van der Waals surface area contributed by atoms with E-state index in [9.17, 15) is 14.4 Å². The zero-order valence-electron chi connectivity index (χ0n) is 16.4. The fourth-order valence-electron chi connectivity index (χ4n) is 2.80. The van der Waals surface area contributed by atoms with Crippen LogP contribution < -0.4 is 5.32 Å². The maximum atomic E-state index is 11.8. The van der Waals surface area contributed by atoms with E-state index in [2.05, 4.69) is 24.5 Å². The summed E-state index contributed by atoms with van der Waals surface area (Å²) in [6.07, 6.45) is 3.47. The second-order valence-electron chi connectivity index (χ2n) is 6.50. The Morgan fingerprint density at radius 3 is 2.75 bits per heavy atom. The molecule has 1 saturated heterocycles. The van der Waals surface area contributed by atoms with Crippen molar-refractivity contribution in [1.29, 1.82) is 0 Å². The molecule has 8 nitrogen and oxygen atoms in total. The number of unbranched alkanes of at least 4 members (excludes halogenated alkanes) is 1. The Morgan fingerprint density at radius 1 is 1.50 bits per heavy atom. The van der Waals surface area contributed by atoms with Crippen LogP contribution in [0.15, 0.2) is 24.4 Å². The van der Waals surface area contributed by atoms with Gasteiger partial charge in [0.05, 0.1) is 18.0 Å². The lowest BCUT2D eigenvalue weighted by Crippen LogP contribution is -2.37. The Kier molecular flexibility index (Phi) is 10.7. The number of allylic oxidation sites excluding steroid dienone is 1. The maximum Gasteiger partial charge on any atom is 0.506 e. The number of likely N-dealkylation sites (tertiary alicyclic amines) is 1. The van der Waals surface area contributed by atoms with Gasteiger partial charge in [-0.05, 0) is 19.4 Å². The van der Waals surface area contributed by atoms with E-state index in [1.807, 2.05) is 6.92 Å². The second kappa shape index (κ2) is 12.5. The van der Waals surface area contributed by atoms with E-state index < -0.39 is 23.6 Å². The summed E-state index contributed by atoms with van der Waals surface area (Å²) in [5.74, 6) is -0.509. The number of amides is 2. The van der Waals surface area contributed by atoms with Gasteiger partial charge in [0.1, 0.15) is 6.10 Å². The third kappa shape index (κ3) is 7.93. The smallest absolute Gasteiger partial charge is 0.450 e. The molecule has 9 heteroatoms. The number of imide groups is 1. The summed E-state index contributed by atoms with van der Waals surface area (Å²) < 4.78 is 10.8. The van der Waals surface area contributed by atoms with Gasteiger partial charge < -0.3 is 19.9 Å². The molecule has 0 aromatic heterocycles. The van der Waals surface area contributed by atoms with Crippen LogP contribution in [0.4, 0.5) is 4.79 Å². The third-order valence-electron chi connectivity index (χ3n) is 4.23. The number of carbonyl (C=O) groups is 3. The van der Waals surface area contributed by atoms with Crippen LogP contribution >= 0.6 is 12.6 Å². The molecule has 3 atom stereocenters. The van der Waals surface area contributed by atoms with Crippen molar-refractivity contribution in [3.8, 4) is 0 Å². The number of carboxylic acid groups (broad SMARTS) is 1. The summed E-state index contributed by atoms with van der Waals surface area (Å²) in [5, 5.41) is 11.4. The van der Waals surface area contributed by atoms with Crippen LogP contribution in [0.3, 0.4) is 0 Å². The minimum absolute atomic E-state index is 0.126. The highest BCUT2D eigenvalue weighted by Crippen LogP contribution is 2.17. The summed E-state index contributed by atoms with van der Waals surface area (Å²) in [6, 6.07) is 0. The van der Waals surface area contributed by atoms with Crippen LogP contribution in [-0.2, 0) is 19.1 Å². The Morgan fingerprint density at radius 2 is 2.21 bits per heavy atom. The molecule has 2 N–H and O–H groups in total. The van der Waals surface area contributed by atoms with Gasteiger partial charge in [-0.2, -0.15) is 12.6 Å². The zero-order chi connectivity index (χ0) is 21.1. The predicted octanol–water partition coefficient (Wildman–Crippen LogP) is 2.36. The highest BCUT2D eigenvalue weighted by Gasteiger charge is 2.35. The van der Waals surface area contributed by atoms with E-state index in [1.165, 1.54) is 4.90 Å². The van der Waals surface area contributed by atoms with Crippen molar-refractivity contribution >= 4 is 30.6 Å². The van der Waals surface area contributed by atoms with Crippen LogP contribution in [0.25, 0.3) is 0 Å². The first-order valence-corrected chi connectivity index (χ1v) is 9.89. The number of hydrogen-bond donors (Lipinski definition) is 3. The molecule has 1 rings (SSSR count). The molecular weight excluding hydrogens is 384 g/mol. The lowest BCUT2D eigenvalue weighted by atomic mass is 10.1. The van der Waals surface area contributed by atoms with Crippen LogP contribution in [0.5, 0.6) is 0 Å². The van der Waals surface area contributed by atoms with Gasteiger partial charge in [0.25, 0.3) is 0 Å². The molecule has 0 saturated carbocycles. The summed E-state index contributed by atoms with van der Waals surface area (Å²) in [6.45, 7) is 8.44. The lowest BCUT2D eigenvalue weighted by Gasteiger charge is -2.25. The predicted molar refractivity (Wildman–Crippen MR) is 108 cm³/mol. The average Bonchev–Trinajstić information content (AvgIpc) is 2.87. The molecular formula is C19H30N2O6S. The van der Waals surface area contributed by atoms with Crippen molar-refractivity contribution < 1.29 is 29.0 Å². The van der Waals surface area contributed by atoms with Crippen molar-refractivity contribution in [1.82, 2.24) is 10.2 Å². The molecule has 0 aromatic rings. The van der Waals surface area contributed by atoms with Gasteiger partial charge in [-0.25, -0.2) is 4.79 Å². The van der Waals surface area contributed by atoms with Crippen LogP contribution in [0.2, 0.25) is 0 Å². The summed E-state index contributed by atoms with van der Waals surface area (Å²) >= 11 is 4.08. The van der Waals surface area contributed by atoms with Gasteiger partial charge in [0, 0.05) is 25.2 Å². The fourth-order valence-corrected chi connectivity index (χ4v) is 3.09. The van der Waals surface area contributed by atoms with Gasteiger partial charge in [-0.1, -0.05) is 32.4 Å². The second-order valence-corrected chi connectivity index (χ2v) is 7.12. The van der Waals surface area contributed by atoms with E-state index in [4.69, 9.17) is 14.6 Å². The van der Waals surface area contributed by atoms with E-state index in [0.717, 1.165) is 12.8 Å². The van der Waals surface area contributed by atoms with Crippen LogP contribution in [0.1, 0.15) is 39.5 Å². The summed E-state index contributed by atoms with van der Waals surface area (Å²) in [7, 11) is 0. The first kappa shape index (κ1) is 24.0. The maximum absolute atomic E-state index is 11.8. The molecule has 3 unspecified atom stereocenters. The lowest BCUT2D eigenvalue weighted by molar-refractivity contribution is -0.138. The zero-order valence-corrected chi connectivity index (χ0v) is 17.3. The van der Waals surface area contributed by atoms with Crippen molar-refractivity contribution in [2.24, 2.45) is 0 Å². The SMILES string of the molecule is C=C(COC(CCCC)C(/C=C/C)OC(=O)O)NCCN1C(=O)CC(S)C1=O. The molecule has 0 radical (unpaired) electrons. The number of carbonyl (C=O) groups excluding carboxylic acids is 2. The number of thiol groups is 1. The Hall–Kier alpha value is -2.00. The number of ether oxygens (including phenoxy) is 2. The normalized spacial score (nSPS) is 19.1. The van der Waals surface area contributed by atoms with Crippen molar-refractivity contribution in [3.63, 3.8) is 0 Å². The Labute approximate surface area is 171 Å². The monoisotopic (exact) mass is 414 g/mol. The van der Waals surface area contributed by atoms with Crippen LogP contribution in [-0.4, -0.2) is 65.1 Å². The molecule has 2 amide bonds. The van der Waals surface area contributed by atoms with E-state index >= 15 is 0 Å². The molecule has 1 aliphatic rings. The van der Waals surface area contributed by atoms with E-state index in [0.29, 0.717) is 18.7 Å². The van der Waals surface area contributed by atoms with E-state index in [-0.39, 0.29) is 31.4 Å². The summed E-state index contributed by atoms with van der Waals surface area (Å²) in [4.78, 5) is 35.7. The van der Waals surface area contributed by atoms with Crippen molar-refractivity contribution in [3.05, 3.63) is 24.4 Å². The molecule has 0 aromatic carbocycles. The van der Waals surface area contributed by atoms with Crippen molar-refractivity contribution in [2.75, 3.05) is 19.7 Å². The van der Waals surface area contributed by atoms with Gasteiger partial charge in [0.15, 0.2) is 0 Å². The first-order valence-electron chi connectivity index (χ1n) is 9.38. The molecule has 1 fully saturated rings. The molecule has 0 spiro atoms. The third-order valence-corrected chi connectivity index (χ3v) is 4.63. The van der Waals surface area contributed by atoms with Gasteiger partial charge in [0.2, 0.25) is 11.8 Å². The largest absolute Gasteiger partial charge is 0.506 e. The summed E-state index contributed by atoms with van der Waals surface area (Å²) in [5.41, 5.74) is 0.567. The molecule has 0 bridgehead atoms. The number of nitrogens with zero attached hydrogens (tertiary/aromatic N) is 1. The number of hydrogen-bond acceptors (Lipinski definition) is 7. The highest BCUT2D eigenvalue weighted by atomic mass is 32.1. The van der Waals surface area contributed by atoms with E-state index in [1.54, 1.807) is 19.1 Å². The first-order chi connectivity index (χ1) is 13.3. The molecule has 28 heavy (non-hydrogen) atoms. The quantitative estimate of drug-likeness (QED) is 0.184. The minimum Gasteiger partial charge on any atom is -0.450 e. The van der Waals surface area contributed by atoms with Gasteiger partial charge in [-0.3, -0.25) is 14.5 Å². The molecule has 0 aliphatic carbocycles. The molecule has 1 aliphatic heterocycles. The standard InChI is InChI=1S/C19H30N2O6S/c1-4-6-8-14(15(7-5-2)27-19(24)25)26-12-13(3)20-9-10-21-17(22)11-16(28)18(21)23/h5,7,14-16,20,28H,3-4,6,8-12H2,1-2H3,(H,24,25)/b7-5+. The highest BCUT2D eigenvalue weighted by molar-refractivity contribution is 7.81. The minimum atomic E-state index is -1.35. The topological polar surface area (TPSA) is 105 Å². The Balaban J connectivity index is 2.49. The Bertz CT molecular complexity index is 595. The van der Waals surface area contributed by atoms with Gasteiger partial charge >= 0.3 is 6.16 Å². The van der Waals surface area contributed by atoms with Gasteiger partial charge in [-0.15, -0.1) is 0 Å². The number of nitrogens with one attached hydrogen (secondary N) is 1. The molecule has 1 heterocycles. The van der Waals surface area contributed by atoms with Crippen LogP contribution in [0, 0.1) is 0 Å². The van der Waals surface area contributed by atoms with Crippen molar-refractivity contribution in [2.45, 2.75) is 57.0 Å².